The van der Waals surface area contributed by atoms with Crippen LogP contribution in [0, 0.1) is 0 Å². The number of benzene rings is 1. The number of hydrogen-bond acceptors (Lipinski definition) is 4. The van der Waals surface area contributed by atoms with Crippen LogP contribution >= 0.6 is 0 Å². The number of nitrogens with zero attached hydrogens (tertiary/aromatic N) is 3. The molecule has 1 aromatic heterocycles. The Labute approximate surface area is 148 Å². The Morgan fingerprint density at radius 3 is 2.52 bits per heavy atom. The summed E-state index contributed by atoms with van der Waals surface area (Å²) in [7, 11) is 0. The molecule has 4 rings (SSSR count). The van der Waals surface area contributed by atoms with Crippen molar-refractivity contribution in [2.75, 3.05) is 31.5 Å². The van der Waals surface area contributed by atoms with Crippen molar-refractivity contribution >= 4 is 11.7 Å². The zero-order chi connectivity index (χ0) is 17.1. The van der Waals surface area contributed by atoms with E-state index >= 15 is 0 Å². The first-order valence-corrected chi connectivity index (χ1v) is 9.07. The van der Waals surface area contributed by atoms with Gasteiger partial charge in [0.2, 0.25) is 0 Å². The second-order valence-electron chi connectivity index (χ2n) is 6.87. The van der Waals surface area contributed by atoms with Crippen LogP contribution in [-0.4, -0.2) is 52.9 Å². The van der Waals surface area contributed by atoms with E-state index in [-0.39, 0.29) is 5.91 Å². The maximum atomic E-state index is 12.9. The quantitative estimate of drug-likeness (QED) is 0.912. The van der Waals surface area contributed by atoms with Crippen LogP contribution in [0.25, 0.3) is 0 Å². The van der Waals surface area contributed by atoms with Crippen LogP contribution in [-0.2, 0) is 6.54 Å². The largest absolute Gasteiger partial charge is 0.367 e. The van der Waals surface area contributed by atoms with Crippen LogP contribution in [0.4, 0.5) is 5.82 Å². The van der Waals surface area contributed by atoms with E-state index in [1.165, 1.54) is 18.4 Å². The molecule has 0 unspecified atom stereocenters. The molecule has 1 aliphatic heterocycles. The fourth-order valence-corrected chi connectivity index (χ4v) is 3.23. The Kier molecular flexibility index (Phi) is 4.65. The minimum absolute atomic E-state index is 0.0932. The lowest BCUT2D eigenvalue weighted by Gasteiger charge is -2.35. The summed E-state index contributed by atoms with van der Waals surface area (Å²) in [5, 5.41) is 3.38. The van der Waals surface area contributed by atoms with Gasteiger partial charge in [0.1, 0.15) is 5.82 Å². The van der Waals surface area contributed by atoms with Gasteiger partial charge in [-0.3, -0.25) is 9.69 Å². The van der Waals surface area contributed by atoms with Crippen LogP contribution in [0.3, 0.4) is 0 Å². The van der Waals surface area contributed by atoms with Crippen molar-refractivity contribution < 1.29 is 4.79 Å². The lowest BCUT2D eigenvalue weighted by Crippen LogP contribution is -2.48. The van der Waals surface area contributed by atoms with Crippen molar-refractivity contribution in [1.82, 2.24) is 14.8 Å². The van der Waals surface area contributed by atoms with Gasteiger partial charge in [-0.1, -0.05) is 30.3 Å². The van der Waals surface area contributed by atoms with E-state index in [0.29, 0.717) is 11.6 Å². The molecular formula is C20H24N4O. The van der Waals surface area contributed by atoms with E-state index in [9.17, 15) is 4.79 Å². The molecule has 2 aromatic rings. The smallest absolute Gasteiger partial charge is 0.257 e. The molecule has 5 nitrogen and oxygen atoms in total. The lowest BCUT2D eigenvalue weighted by atomic mass is 10.1. The van der Waals surface area contributed by atoms with E-state index in [1.807, 2.05) is 23.1 Å². The van der Waals surface area contributed by atoms with Crippen molar-refractivity contribution in [1.29, 1.82) is 0 Å². The Morgan fingerprint density at radius 2 is 1.80 bits per heavy atom. The van der Waals surface area contributed by atoms with Gasteiger partial charge in [0.15, 0.2) is 0 Å². The number of carbonyl (C=O) groups is 1. The van der Waals surface area contributed by atoms with Gasteiger partial charge in [-0.05, 0) is 30.5 Å². The first-order valence-electron chi connectivity index (χ1n) is 9.07. The molecule has 1 aromatic carbocycles. The topological polar surface area (TPSA) is 48.5 Å². The molecular weight excluding hydrogens is 312 g/mol. The lowest BCUT2D eigenvalue weighted by molar-refractivity contribution is 0.0629. The maximum Gasteiger partial charge on any atom is 0.257 e. The molecule has 0 atom stereocenters. The van der Waals surface area contributed by atoms with Gasteiger partial charge in [-0.2, -0.15) is 0 Å². The molecule has 2 fully saturated rings. The number of nitrogens with one attached hydrogen (secondary N) is 1. The highest BCUT2D eigenvalue weighted by atomic mass is 16.2. The third kappa shape index (κ3) is 3.99. The monoisotopic (exact) mass is 336 g/mol. The third-order valence-corrected chi connectivity index (χ3v) is 4.86. The number of hydrogen-bond donors (Lipinski definition) is 1. The molecule has 1 N–H and O–H groups in total. The predicted molar refractivity (Wildman–Crippen MR) is 98.5 cm³/mol. The third-order valence-electron chi connectivity index (χ3n) is 4.86. The number of rotatable bonds is 5. The van der Waals surface area contributed by atoms with Gasteiger partial charge >= 0.3 is 0 Å². The van der Waals surface area contributed by atoms with Crippen molar-refractivity contribution in [3.8, 4) is 0 Å². The minimum Gasteiger partial charge on any atom is -0.367 e. The Morgan fingerprint density at radius 1 is 1.04 bits per heavy atom. The van der Waals surface area contributed by atoms with Gasteiger partial charge in [-0.25, -0.2) is 4.98 Å². The number of carbonyl (C=O) groups excluding carboxylic acids is 1. The molecule has 1 saturated heterocycles. The maximum absolute atomic E-state index is 12.9. The average Bonchev–Trinajstić information content (AvgIpc) is 3.47. The second kappa shape index (κ2) is 7.23. The summed E-state index contributed by atoms with van der Waals surface area (Å²) in [6.45, 7) is 4.30. The normalized spacial score (nSPS) is 18.2. The first kappa shape index (κ1) is 16.1. The molecule has 2 heterocycles. The summed E-state index contributed by atoms with van der Waals surface area (Å²) in [6, 6.07) is 14.7. The average molecular weight is 336 g/mol. The Bertz CT molecular complexity index is 721. The first-order chi connectivity index (χ1) is 12.3. The Balaban J connectivity index is 1.36. The number of piperazine rings is 1. The van der Waals surface area contributed by atoms with Gasteiger partial charge in [0.25, 0.3) is 5.91 Å². The van der Waals surface area contributed by atoms with Gasteiger partial charge < -0.3 is 10.2 Å². The molecule has 0 radical (unpaired) electrons. The van der Waals surface area contributed by atoms with Gasteiger partial charge in [0, 0.05) is 45.0 Å². The van der Waals surface area contributed by atoms with Crippen molar-refractivity contribution in [3.05, 3.63) is 59.8 Å². The fraction of sp³-hybridized carbons (Fsp3) is 0.400. The summed E-state index contributed by atoms with van der Waals surface area (Å²) >= 11 is 0. The summed E-state index contributed by atoms with van der Waals surface area (Å²) in [5.74, 6) is 0.831. The number of amides is 1. The van der Waals surface area contributed by atoms with Crippen LogP contribution in [0.5, 0.6) is 0 Å². The fourth-order valence-electron chi connectivity index (χ4n) is 3.23. The molecule has 0 bridgehead atoms. The van der Waals surface area contributed by atoms with E-state index in [4.69, 9.17) is 0 Å². The zero-order valence-electron chi connectivity index (χ0n) is 14.4. The molecule has 0 spiro atoms. The number of aromatic nitrogens is 1. The number of pyridine rings is 1. The van der Waals surface area contributed by atoms with Crippen molar-refractivity contribution in [2.45, 2.75) is 25.4 Å². The summed E-state index contributed by atoms with van der Waals surface area (Å²) in [5.41, 5.74) is 2.02. The predicted octanol–water partition coefficient (Wildman–Crippen LogP) is 2.61. The van der Waals surface area contributed by atoms with Crippen LogP contribution < -0.4 is 5.32 Å². The minimum atomic E-state index is 0.0932. The Hall–Kier alpha value is -2.40. The highest BCUT2D eigenvalue weighted by molar-refractivity contribution is 5.98. The van der Waals surface area contributed by atoms with E-state index in [2.05, 4.69) is 39.5 Å². The summed E-state index contributed by atoms with van der Waals surface area (Å²) in [6.07, 6.45) is 4.09. The van der Waals surface area contributed by atoms with Crippen LogP contribution in [0.1, 0.15) is 28.8 Å². The molecule has 25 heavy (non-hydrogen) atoms. The summed E-state index contributed by atoms with van der Waals surface area (Å²) < 4.78 is 0. The highest BCUT2D eigenvalue weighted by Crippen LogP contribution is 2.26. The van der Waals surface area contributed by atoms with Gasteiger partial charge in [0.05, 0.1) is 5.56 Å². The van der Waals surface area contributed by atoms with Crippen LogP contribution in [0.2, 0.25) is 0 Å². The van der Waals surface area contributed by atoms with E-state index in [1.54, 1.807) is 6.20 Å². The molecule has 5 heteroatoms. The highest BCUT2D eigenvalue weighted by Gasteiger charge is 2.27. The molecule has 2 aliphatic rings. The SMILES string of the molecule is O=C(c1cccnc1NC1CC1)N1CCN(Cc2ccccc2)CC1. The molecule has 1 aliphatic carbocycles. The summed E-state index contributed by atoms with van der Waals surface area (Å²) in [4.78, 5) is 21.7. The van der Waals surface area contributed by atoms with Crippen molar-refractivity contribution in [3.63, 3.8) is 0 Å². The number of anilines is 1. The second-order valence-corrected chi connectivity index (χ2v) is 6.87. The standard InChI is InChI=1S/C20H24N4O/c25-20(18-7-4-10-21-19(18)22-17-8-9-17)24-13-11-23(12-14-24)15-16-5-2-1-3-6-16/h1-7,10,17H,8-9,11-15H2,(H,21,22). The van der Waals surface area contributed by atoms with E-state index < -0.39 is 0 Å². The molecule has 1 saturated carbocycles. The van der Waals surface area contributed by atoms with E-state index in [0.717, 1.165) is 38.5 Å². The molecule has 130 valence electrons. The van der Waals surface area contributed by atoms with Gasteiger partial charge in [-0.15, -0.1) is 0 Å². The molecule has 1 amide bonds. The van der Waals surface area contributed by atoms with Crippen molar-refractivity contribution in [2.24, 2.45) is 0 Å². The van der Waals surface area contributed by atoms with Crippen LogP contribution in [0.15, 0.2) is 48.7 Å². The zero-order valence-corrected chi connectivity index (χ0v) is 14.4.